The van der Waals surface area contributed by atoms with Crippen LogP contribution in [0, 0.1) is 6.92 Å². The average Bonchev–Trinajstić information content (AvgIpc) is 2.62. The van der Waals surface area contributed by atoms with Gasteiger partial charge >= 0.3 is 0 Å². The zero-order valence-corrected chi connectivity index (χ0v) is 14.9. The molecule has 0 saturated heterocycles. The maximum Gasteiger partial charge on any atom is 0.262 e. The lowest BCUT2D eigenvalue weighted by atomic mass is 10.1. The molecule has 0 saturated carbocycles. The van der Waals surface area contributed by atoms with Crippen molar-refractivity contribution < 1.29 is 14.3 Å². The van der Waals surface area contributed by atoms with E-state index < -0.39 is 0 Å². The van der Waals surface area contributed by atoms with Gasteiger partial charge in [-0.25, -0.2) is 0 Å². The van der Waals surface area contributed by atoms with E-state index in [1.54, 1.807) is 12.1 Å². The van der Waals surface area contributed by atoms with Crippen LogP contribution in [0.5, 0.6) is 5.75 Å². The van der Waals surface area contributed by atoms with E-state index in [0.29, 0.717) is 23.5 Å². The van der Waals surface area contributed by atoms with Crippen LogP contribution in [-0.2, 0) is 11.2 Å². The van der Waals surface area contributed by atoms with Crippen molar-refractivity contribution in [2.45, 2.75) is 27.2 Å². The molecule has 2 amide bonds. The van der Waals surface area contributed by atoms with Crippen molar-refractivity contribution in [3.8, 4) is 5.75 Å². The summed E-state index contributed by atoms with van der Waals surface area (Å²) in [4.78, 5) is 24.0. The maximum atomic E-state index is 12.1. The lowest BCUT2D eigenvalue weighted by Crippen LogP contribution is -2.24. The number of benzene rings is 2. The standard InChI is InChI=1S/C20H24N2O3/c1-4-15-7-10-17(11-8-15)25-13-19(23)22-18-12-16(9-6-14(18)3)20(24)21-5-2/h6-12H,4-5,13H2,1-3H3,(H,21,24)(H,22,23). The predicted octanol–water partition coefficient (Wildman–Crippen LogP) is 3.32. The Morgan fingerprint density at radius 1 is 1.04 bits per heavy atom. The molecule has 0 fully saturated rings. The van der Waals surface area contributed by atoms with Crippen LogP contribution in [-0.4, -0.2) is 25.0 Å². The Kier molecular flexibility index (Phi) is 6.57. The number of hydrogen-bond donors (Lipinski definition) is 2. The fraction of sp³-hybridized carbons (Fsp3) is 0.300. The largest absolute Gasteiger partial charge is 0.484 e. The minimum atomic E-state index is -0.268. The first-order valence-electron chi connectivity index (χ1n) is 8.44. The first-order valence-corrected chi connectivity index (χ1v) is 8.44. The number of anilines is 1. The fourth-order valence-corrected chi connectivity index (χ4v) is 2.32. The van der Waals surface area contributed by atoms with E-state index in [1.807, 2.05) is 44.2 Å². The normalized spacial score (nSPS) is 10.2. The van der Waals surface area contributed by atoms with Gasteiger partial charge < -0.3 is 15.4 Å². The number of rotatable bonds is 7. The van der Waals surface area contributed by atoms with Crippen LogP contribution >= 0.6 is 0 Å². The van der Waals surface area contributed by atoms with Crippen molar-refractivity contribution >= 4 is 17.5 Å². The minimum absolute atomic E-state index is 0.0870. The lowest BCUT2D eigenvalue weighted by molar-refractivity contribution is -0.118. The molecule has 2 aromatic carbocycles. The summed E-state index contributed by atoms with van der Waals surface area (Å²) in [6.45, 7) is 6.29. The molecule has 0 spiro atoms. The summed E-state index contributed by atoms with van der Waals surface area (Å²) < 4.78 is 5.50. The molecule has 0 aliphatic carbocycles. The van der Waals surface area contributed by atoms with E-state index in [2.05, 4.69) is 17.6 Å². The molecule has 0 radical (unpaired) electrons. The fourth-order valence-electron chi connectivity index (χ4n) is 2.32. The summed E-state index contributed by atoms with van der Waals surface area (Å²) in [6.07, 6.45) is 0.960. The summed E-state index contributed by atoms with van der Waals surface area (Å²) in [6, 6.07) is 12.9. The molecule has 0 heterocycles. The second-order valence-corrected chi connectivity index (χ2v) is 5.72. The molecule has 2 N–H and O–H groups in total. The van der Waals surface area contributed by atoms with Crippen LogP contribution < -0.4 is 15.4 Å². The molecule has 132 valence electrons. The van der Waals surface area contributed by atoms with Gasteiger partial charge in [-0.3, -0.25) is 9.59 Å². The van der Waals surface area contributed by atoms with Gasteiger partial charge in [0.05, 0.1) is 0 Å². The average molecular weight is 340 g/mol. The monoisotopic (exact) mass is 340 g/mol. The first-order chi connectivity index (χ1) is 12.0. The van der Waals surface area contributed by atoms with Gasteiger partial charge in [0, 0.05) is 17.8 Å². The van der Waals surface area contributed by atoms with Crippen LogP contribution in [0.2, 0.25) is 0 Å². The van der Waals surface area contributed by atoms with Gasteiger partial charge in [-0.05, 0) is 55.7 Å². The highest BCUT2D eigenvalue weighted by atomic mass is 16.5. The SMILES string of the molecule is CCNC(=O)c1ccc(C)c(NC(=O)COc2ccc(CC)cc2)c1. The Hall–Kier alpha value is -2.82. The molecular weight excluding hydrogens is 316 g/mol. The lowest BCUT2D eigenvalue weighted by Gasteiger charge is -2.11. The van der Waals surface area contributed by atoms with Crippen LogP contribution in [0.3, 0.4) is 0 Å². The second-order valence-electron chi connectivity index (χ2n) is 5.72. The number of carbonyl (C=O) groups is 2. The third kappa shape index (κ3) is 5.35. The van der Waals surface area contributed by atoms with Crippen molar-refractivity contribution in [3.63, 3.8) is 0 Å². The molecule has 2 aromatic rings. The van der Waals surface area contributed by atoms with Crippen LogP contribution in [0.4, 0.5) is 5.69 Å². The molecule has 0 aliphatic rings. The number of hydrogen-bond acceptors (Lipinski definition) is 3. The molecule has 0 aromatic heterocycles. The van der Waals surface area contributed by atoms with E-state index in [4.69, 9.17) is 4.74 Å². The maximum absolute atomic E-state index is 12.1. The summed E-state index contributed by atoms with van der Waals surface area (Å²) in [5.74, 6) is 0.223. The van der Waals surface area contributed by atoms with Gasteiger partial charge in [0.1, 0.15) is 5.75 Å². The van der Waals surface area contributed by atoms with Gasteiger partial charge in [-0.1, -0.05) is 25.1 Å². The number of amides is 2. The molecular formula is C20H24N2O3. The molecule has 0 unspecified atom stereocenters. The van der Waals surface area contributed by atoms with Gasteiger partial charge in [0.25, 0.3) is 11.8 Å². The van der Waals surface area contributed by atoms with Gasteiger partial charge in [-0.2, -0.15) is 0 Å². The Morgan fingerprint density at radius 3 is 2.40 bits per heavy atom. The number of carbonyl (C=O) groups excluding carboxylic acids is 2. The van der Waals surface area contributed by atoms with Crippen molar-refractivity contribution in [3.05, 3.63) is 59.2 Å². The molecule has 2 rings (SSSR count). The van der Waals surface area contributed by atoms with Gasteiger partial charge in [0.2, 0.25) is 0 Å². The molecule has 5 heteroatoms. The zero-order chi connectivity index (χ0) is 18.2. The van der Waals surface area contributed by atoms with Crippen LogP contribution in [0.15, 0.2) is 42.5 Å². The molecule has 25 heavy (non-hydrogen) atoms. The van der Waals surface area contributed by atoms with E-state index in [-0.39, 0.29) is 18.4 Å². The summed E-state index contributed by atoms with van der Waals surface area (Å²) in [7, 11) is 0. The zero-order valence-electron chi connectivity index (χ0n) is 14.9. The van der Waals surface area contributed by atoms with Gasteiger partial charge in [0.15, 0.2) is 6.61 Å². The van der Waals surface area contributed by atoms with E-state index in [1.165, 1.54) is 5.56 Å². The van der Waals surface area contributed by atoms with Crippen LogP contribution in [0.25, 0.3) is 0 Å². The number of ether oxygens (including phenoxy) is 1. The minimum Gasteiger partial charge on any atom is -0.484 e. The smallest absolute Gasteiger partial charge is 0.262 e. The van der Waals surface area contributed by atoms with Crippen LogP contribution in [0.1, 0.15) is 35.3 Å². The third-order valence-electron chi connectivity index (χ3n) is 3.81. The van der Waals surface area contributed by atoms with E-state index in [0.717, 1.165) is 12.0 Å². The number of nitrogens with one attached hydrogen (secondary N) is 2. The van der Waals surface area contributed by atoms with Crippen molar-refractivity contribution in [1.82, 2.24) is 5.32 Å². The highest BCUT2D eigenvalue weighted by molar-refractivity contribution is 5.98. The van der Waals surface area contributed by atoms with Crippen molar-refractivity contribution in [2.24, 2.45) is 0 Å². The van der Waals surface area contributed by atoms with E-state index >= 15 is 0 Å². The highest BCUT2D eigenvalue weighted by Gasteiger charge is 2.10. The summed E-state index contributed by atoms with van der Waals surface area (Å²) in [5.41, 5.74) is 3.22. The van der Waals surface area contributed by atoms with E-state index in [9.17, 15) is 9.59 Å². The molecule has 0 aliphatic heterocycles. The molecule has 0 atom stereocenters. The second kappa shape index (κ2) is 8.87. The number of aryl methyl sites for hydroxylation is 2. The summed E-state index contributed by atoms with van der Waals surface area (Å²) >= 11 is 0. The Morgan fingerprint density at radius 2 is 1.76 bits per heavy atom. The third-order valence-corrected chi connectivity index (χ3v) is 3.81. The predicted molar refractivity (Wildman–Crippen MR) is 99.1 cm³/mol. The van der Waals surface area contributed by atoms with Gasteiger partial charge in [-0.15, -0.1) is 0 Å². The summed E-state index contributed by atoms with van der Waals surface area (Å²) in [5, 5.41) is 5.54. The quantitative estimate of drug-likeness (QED) is 0.812. The Balaban J connectivity index is 1.97. The first kappa shape index (κ1) is 18.5. The molecule has 0 bridgehead atoms. The van der Waals surface area contributed by atoms with Crippen molar-refractivity contribution in [1.29, 1.82) is 0 Å². The molecule has 5 nitrogen and oxygen atoms in total. The van der Waals surface area contributed by atoms with Crippen molar-refractivity contribution in [2.75, 3.05) is 18.5 Å². The Bertz CT molecular complexity index is 739. The Labute approximate surface area is 148 Å². The topological polar surface area (TPSA) is 67.4 Å². The highest BCUT2D eigenvalue weighted by Crippen LogP contribution is 2.17.